The highest BCUT2D eigenvalue weighted by Crippen LogP contribution is 2.29. The Kier molecular flexibility index (Phi) is 4.94. The Bertz CT molecular complexity index is 649. The molecule has 0 saturated heterocycles. The molecule has 0 saturated carbocycles. The molecule has 1 heterocycles. The molecule has 7 heteroatoms. The van der Waals surface area contributed by atoms with E-state index in [1.165, 1.54) is 18.2 Å². The lowest BCUT2D eigenvalue weighted by Crippen LogP contribution is -2.03. The van der Waals surface area contributed by atoms with E-state index in [0.29, 0.717) is 5.75 Å². The Hall–Kier alpha value is -2.34. The molecule has 1 N–H and O–H groups in total. The summed E-state index contributed by atoms with van der Waals surface area (Å²) < 4.78 is 5.55. The fourth-order valence-corrected chi connectivity index (χ4v) is 1.94. The molecule has 0 aliphatic carbocycles. The minimum Gasteiger partial charge on any atom is -0.486 e. The minimum atomic E-state index is -0.503. The lowest BCUT2D eigenvalue weighted by atomic mass is 10.3. The Balaban J connectivity index is 2.06. The van der Waals surface area contributed by atoms with E-state index in [9.17, 15) is 10.1 Å². The number of benzene rings is 1. The Morgan fingerprint density at radius 1 is 1.38 bits per heavy atom. The normalized spacial score (nSPS) is 10.2. The van der Waals surface area contributed by atoms with Crippen molar-refractivity contribution < 1.29 is 9.66 Å². The third-order valence-corrected chi connectivity index (χ3v) is 2.96. The second-order valence-corrected chi connectivity index (χ2v) is 4.61. The molecular formula is C14H14ClN3O3. The maximum atomic E-state index is 10.6. The van der Waals surface area contributed by atoms with Crippen molar-refractivity contribution in [2.45, 2.75) is 13.5 Å². The molecule has 1 aromatic carbocycles. The van der Waals surface area contributed by atoms with E-state index in [1.54, 1.807) is 0 Å². The number of nitrogens with one attached hydrogen (secondary N) is 1. The monoisotopic (exact) mass is 307 g/mol. The third-order valence-electron chi connectivity index (χ3n) is 2.67. The van der Waals surface area contributed by atoms with Crippen molar-refractivity contribution in [2.75, 3.05) is 11.9 Å². The molecule has 0 spiro atoms. The molecule has 0 aliphatic heterocycles. The summed E-state index contributed by atoms with van der Waals surface area (Å²) >= 11 is 5.96. The van der Waals surface area contributed by atoms with Crippen LogP contribution in [0.1, 0.15) is 12.6 Å². The molecule has 0 radical (unpaired) electrons. The van der Waals surface area contributed by atoms with Gasteiger partial charge in [0.25, 0.3) is 5.69 Å². The van der Waals surface area contributed by atoms with E-state index in [4.69, 9.17) is 16.3 Å². The number of nitrogens with zero attached hydrogens (tertiary/aromatic N) is 2. The molecule has 0 fully saturated rings. The van der Waals surface area contributed by atoms with Gasteiger partial charge in [0.05, 0.1) is 15.6 Å². The van der Waals surface area contributed by atoms with Crippen LogP contribution >= 0.6 is 11.6 Å². The fraction of sp³-hybridized carbons (Fsp3) is 0.214. The quantitative estimate of drug-likeness (QED) is 0.651. The van der Waals surface area contributed by atoms with Gasteiger partial charge in [-0.3, -0.25) is 10.1 Å². The lowest BCUT2D eigenvalue weighted by molar-refractivity contribution is -0.384. The zero-order chi connectivity index (χ0) is 15.2. The molecule has 6 nitrogen and oxygen atoms in total. The summed E-state index contributed by atoms with van der Waals surface area (Å²) in [6.07, 6.45) is 0. The number of ether oxygens (including phenoxy) is 1. The second-order valence-electron chi connectivity index (χ2n) is 4.21. The van der Waals surface area contributed by atoms with Crippen LogP contribution < -0.4 is 10.1 Å². The number of pyridine rings is 1. The molecule has 0 bridgehead atoms. The molecule has 110 valence electrons. The number of anilines is 1. The Morgan fingerprint density at radius 2 is 2.19 bits per heavy atom. The first kappa shape index (κ1) is 15.1. The van der Waals surface area contributed by atoms with Crippen molar-refractivity contribution in [3.8, 4) is 5.75 Å². The largest absolute Gasteiger partial charge is 0.486 e. The van der Waals surface area contributed by atoms with Crippen molar-refractivity contribution >= 4 is 23.1 Å². The van der Waals surface area contributed by atoms with Crippen LogP contribution in [0.4, 0.5) is 11.5 Å². The fourth-order valence-electron chi connectivity index (χ4n) is 1.71. The topological polar surface area (TPSA) is 77.3 Å². The molecule has 0 aliphatic rings. The van der Waals surface area contributed by atoms with Crippen LogP contribution in [0.15, 0.2) is 36.4 Å². The van der Waals surface area contributed by atoms with Gasteiger partial charge in [-0.15, -0.1) is 0 Å². The van der Waals surface area contributed by atoms with E-state index in [-0.39, 0.29) is 17.3 Å². The maximum Gasteiger partial charge on any atom is 0.271 e. The molecule has 2 aromatic rings. The van der Waals surface area contributed by atoms with Crippen molar-refractivity contribution in [1.29, 1.82) is 0 Å². The molecular weight excluding hydrogens is 294 g/mol. The molecule has 1 aromatic heterocycles. The average molecular weight is 308 g/mol. The molecule has 0 atom stereocenters. The average Bonchev–Trinajstić information content (AvgIpc) is 2.46. The highest BCUT2D eigenvalue weighted by molar-refractivity contribution is 6.32. The van der Waals surface area contributed by atoms with Crippen LogP contribution in [0.2, 0.25) is 5.02 Å². The molecule has 0 unspecified atom stereocenters. The smallest absolute Gasteiger partial charge is 0.271 e. The Labute approximate surface area is 126 Å². The first-order valence-electron chi connectivity index (χ1n) is 6.36. The van der Waals surface area contributed by atoms with Gasteiger partial charge in [0, 0.05) is 18.7 Å². The van der Waals surface area contributed by atoms with E-state index in [0.717, 1.165) is 18.1 Å². The zero-order valence-corrected chi connectivity index (χ0v) is 12.1. The van der Waals surface area contributed by atoms with Crippen LogP contribution in [-0.2, 0) is 6.61 Å². The maximum absolute atomic E-state index is 10.6. The van der Waals surface area contributed by atoms with Gasteiger partial charge in [-0.1, -0.05) is 17.7 Å². The van der Waals surface area contributed by atoms with Gasteiger partial charge < -0.3 is 10.1 Å². The number of hydrogen-bond acceptors (Lipinski definition) is 5. The van der Waals surface area contributed by atoms with Crippen LogP contribution in [0.3, 0.4) is 0 Å². The lowest BCUT2D eigenvalue weighted by Gasteiger charge is -2.09. The molecule has 0 amide bonds. The van der Waals surface area contributed by atoms with Gasteiger partial charge in [0.15, 0.2) is 0 Å². The molecule has 21 heavy (non-hydrogen) atoms. The van der Waals surface area contributed by atoms with Crippen molar-refractivity contribution in [1.82, 2.24) is 4.98 Å². The highest BCUT2D eigenvalue weighted by atomic mass is 35.5. The third kappa shape index (κ3) is 4.06. The van der Waals surface area contributed by atoms with Crippen molar-refractivity contribution in [3.05, 3.63) is 57.2 Å². The van der Waals surface area contributed by atoms with Crippen molar-refractivity contribution in [3.63, 3.8) is 0 Å². The standard InChI is InChI=1S/C14H14ClN3O3/c1-2-16-14-5-3-4-10(17-14)9-21-13-7-6-11(18(19)20)8-12(13)15/h3-8H,2,9H2,1H3,(H,16,17). The number of nitro benzene ring substituents is 1. The summed E-state index contributed by atoms with van der Waals surface area (Å²) in [6, 6.07) is 9.67. The van der Waals surface area contributed by atoms with E-state index >= 15 is 0 Å². The van der Waals surface area contributed by atoms with E-state index in [1.807, 2.05) is 25.1 Å². The summed E-state index contributed by atoms with van der Waals surface area (Å²) in [5.74, 6) is 1.16. The van der Waals surface area contributed by atoms with Gasteiger partial charge >= 0.3 is 0 Å². The second kappa shape index (κ2) is 6.90. The number of aromatic nitrogens is 1. The minimum absolute atomic E-state index is 0.0698. The summed E-state index contributed by atoms with van der Waals surface area (Å²) in [7, 11) is 0. The number of halogens is 1. The van der Waals surface area contributed by atoms with Crippen LogP contribution in [0.5, 0.6) is 5.75 Å². The SMILES string of the molecule is CCNc1cccc(COc2ccc([N+](=O)[O-])cc2Cl)n1. The summed E-state index contributed by atoms with van der Waals surface area (Å²) in [5.41, 5.74) is 0.669. The first-order valence-corrected chi connectivity index (χ1v) is 6.74. The van der Waals surface area contributed by atoms with Crippen LogP contribution in [0, 0.1) is 10.1 Å². The highest BCUT2D eigenvalue weighted by Gasteiger charge is 2.10. The predicted octanol–water partition coefficient (Wildman–Crippen LogP) is 3.65. The van der Waals surface area contributed by atoms with Crippen LogP contribution in [-0.4, -0.2) is 16.5 Å². The summed E-state index contributed by atoms with van der Waals surface area (Å²) in [4.78, 5) is 14.5. The molecule has 2 rings (SSSR count). The van der Waals surface area contributed by atoms with Crippen LogP contribution in [0.25, 0.3) is 0 Å². The van der Waals surface area contributed by atoms with Crippen molar-refractivity contribution in [2.24, 2.45) is 0 Å². The van der Waals surface area contributed by atoms with Gasteiger partial charge in [-0.2, -0.15) is 0 Å². The van der Waals surface area contributed by atoms with Gasteiger partial charge in [0.2, 0.25) is 0 Å². The number of nitro groups is 1. The van der Waals surface area contributed by atoms with E-state index in [2.05, 4.69) is 10.3 Å². The van der Waals surface area contributed by atoms with E-state index < -0.39 is 4.92 Å². The number of hydrogen-bond donors (Lipinski definition) is 1. The van der Waals surface area contributed by atoms with Gasteiger partial charge in [-0.25, -0.2) is 4.98 Å². The predicted molar refractivity (Wildman–Crippen MR) is 80.8 cm³/mol. The Morgan fingerprint density at radius 3 is 2.86 bits per heavy atom. The number of rotatable bonds is 6. The number of non-ortho nitro benzene ring substituents is 1. The summed E-state index contributed by atoms with van der Waals surface area (Å²) in [5, 5.41) is 13.9. The zero-order valence-electron chi connectivity index (χ0n) is 11.4. The first-order chi connectivity index (χ1) is 10.1. The summed E-state index contributed by atoms with van der Waals surface area (Å²) in [6.45, 7) is 3.00. The van der Waals surface area contributed by atoms with Gasteiger partial charge in [0.1, 0.15) is 18.2 Å². The van der Waals surface area contributed by atoms with Gasteiger partial charge in [-0.05, 0) is 25.1 Å².